The van der Waals surface area contributed by atoms with Crippen LogP contribution in [0.3, 0.4) is 0 Å². The van der Waals surface area contributed by atoms with Gasteiger partial charge in [0.15, 0.2) is 0 Å². The largest absolute Gasteiger partial charge is 0.366 e. The monoisotopic (exact) mass is 319 g/mol. The Hall–Kier alpha value is -2.11. The van der Waals surface area contributed by atoms with Crippen molar-refractivity contribution in [3.05, 3.63) is 71.3 Å². The SMILES string of the molecule is CCc1ccc(C(O[C@H]2CC[C@H](C#N)CC2)c2ccccc2)cc1. The van der Waals surface area contributed by atoms with Crippen molar-refractivity contribution in [2.24, 2.45) is 5.92 Å². The summed E-state index contributed by atoms with van der Waals surface area (Å²) in [7, 11) is 0. The molecule has 1 unspecified atom stereocenters. The summed E-state index contributed by atoms with van der Waals surface area (Å²) < 4.78 is 6.52. The molecule has 0 radical (unpaired) electrons. The third-order valence-electron chi connectivity index (χ3n) is 4.98. The molecule has 0 amide bonds. The van der Waals surface area contributed by atoms with Crippen LogP contribution in [-0.2, 0) is 11.2 Å². The number of benzene rings is 2. The molecule has 1 atom stereocenters. The van der Waals surface area contributed by atoms with Crippen molar-refractivity contribution in [3.8, 4) is 6.07 Å². The van der Waals surface area contributed by atoms with E-state index in [4.69, 9.17) is 10.00 Å². The first kappa shape index (κ1) is 16.7. The van der Waals surface area contributed by atoms with E-state index >= 15 is 0 Å². The number of nitriles is 1. The van der Waals surface area contributed by atoms with E-state index in [1.807, 2.05) is 6.07 Å². The molecule has 1 aliphatic carbocycles. The molecule has 2 aromatic rings. The van der Waals surface area contributed by atoms with E-state index in [1.165, 1.54) is 16.7 Å². The molecule has 1 fully saturated rings. The molecule has 1 aliphatic rings. The van der Waals surface area contributed by atoms with Crippen LogP contribution < -0.4 is 0 Å². The topological polar surface area (TPSA) is 33.0 Å². The summed E-state index contributed by atoms with van der Waals surface area (Å²) >= 11 is 0. The Balaban J connectivity index is 1.79. The van der Waals surface area contributed by atoms with Gasteiger partial charge in [0.05, 0.1) is 12.2 Å². The maximum absolute atomic E-state index is 9.07. The van der Waals surface area contributed by atoms with Crippen LogP contribution in [0.25, 0.3) is 0 Å². The number of hydrogen-bond donors (Lipinski definition) is 0. The summed E-state index contributed by atoms with van der Waals surface area (Å²) in [5.41, 5.74) is 3.75. The Labute approximate surface area is 145 Å². The molecule has 3 rings (SSSR count). The van der Waals surface area contributed by atoms with Crippen molar-refractivity contribution in [1.82, 2.24) is 0 Å². The van der Waals surface area contributed by atoms with Crippen LogP contribution in [0.1, 0.15) is 55.4 Å². The Morgan fingerprint density at radius 1 is 0.958 bits per heavy atom. The molecule has 0 aliphatic heterocycles. The molecule has 0 N–H and O–H groups in total. The molecule has 0 heterocycles. The fourth-order valence-electron chi connectivity index (χ4n) is 3.43. The van der Waals surface area contributed by atoms with Gasteiger partial charge in [0.1, 0.15) is 6.10 Å². The summed E-state index contributed by atoms with van der Waals surface area (Å²) in [6, 6.07) is 21.6. The van der Waals surface area contributed by atoms with Gasteiger partial charge in [-0.15, -0.1) is 0 Å². The summed E-state index contributed by atoms with van der Waals surface area (Å²) in [5.74, 6) is 0.212. The van der Waals surface area contributed by atoms with Crippen molar-refractivity contribution >= 4 is 0 Å². The highest BCUT2D eigenvalue weighted by Gasteiger charge is 2.25. The smallest absolute Gasteiger partial charge is 0.108 e. The fourth-order valence-corrected chi connectivity index (χ4v) is 3.43. The first-order valence-corrected chi connectivity index (χ1v) is 8.99. The average Bonchev–Trinajstić information content (AvgIpc) is 2.67. The lowest BCUT2D eigenvalue weighted by molar-refractivity contribution is -0.0162. The van der Waals surface area contributed by atoms with Gasteiger partial charge in [-0.1, -0.05) is 61.5 Å². The van der Waals surface area contributed by atoms with E-state index < -0.39 is 0 Å². The summed E-state index contributed by atoms with van der Waals surface area (Å²) in [5, 5.41) is 9.07. The van der Waals surface area contributed by atoms with E-state index in [1.54, 1.807) is 0 Å². The van der Waals surface area contributed by atoms with E-state index in [9.17, 15) is 0 Å². The van der Waals surface area contributed by atoms with Gasteiger partial charge in [-0.05, 0) is 48.8 Å². The standard InChI is InChI=1S/C22H25NO/c1-2-17-8-12-20(13-9-17)22(19-6-4-3-5-7-19)24-21-14-10-18(16-23)11-15-21/h3-9,12-13,18,21-22H,2,10-11,14-15H2,1H3/t18-,21-,22?. The lowest BCUT2D eigenvalue weighted by Gasteiger charge is -2.30. The van der Waals surface area contributed by atoms with Crippen LogP contribution in [-0.4, -0.2) is 6.10 Å². The average molecular weight is 319 g/mol. The van der Waals surface area contributed by atoms with Gasteiger partial charge >= 0.3 is 0 Å². The van der Waals surface area contributed by atoms with E-state index in [-0.39, 0.29) is 18.1 Å². The van der Waals surface area contributed by atoms with E-state index in [0.717, 1.165) is 32.1 Å². The van der Waals surface area contributed by atoms with Crippen LogP contribution in [0.4, 0.5) is 0 Å². The summed E-state index contributed by atoms with van der Waals surface area (Å²) in [6.45, 7) is 2.17. The zero-order valence-electron chi connectivity index (χ0n) is 14.3. The van der Waals surface area contributed by atoms with Gasteiger partial charge in [-0.2, -0.15) is 5.26 Å². The minimum Gasteiger partial charge on any atom is -0.366 e. The Morgan fingerprint density at radius 2 is 1.58 bits per heavy atom. The van der Waals surface area contributed by atoms with E-state index in [2.05, 4.69) is 61.5 Å². The molecule has 0 spiro atoms. The molecule has 124 valence electrons. The quantitative estimate of drug-likeness (QED) is 0.735. The molecule has 0 saturated heterocycles. The first-order chi connectivity index (χ1) is 11.8. The second-order valence-corrected chi connectivity index (χ2v) is 6.62. The van der Waals surface area contributed by atoms with Crippen molar-refractivity contribution in [3.63, 3.8) is 0 Å². The third kappa shape index (κ3) is 4.04. The Bertz CT molecular complexity index is 663. The molecule has 2 aromatic carbocycles. The van der Waals surface area contributed by atoms with Crippen LogP contribution in [0, 0.1) is 17.2 Å². The number of hydrogen-bond acceptors (Lipinski definition) is 2. The zero-order valence-corrected chi connectivity index (χ0v) is 14.3. The number of nitrogens with zero attached hydrogens (tertiary/aromatic N) is 1. The molecule has 0 aromatic heterocycles. The molecule has 2 nitrogen and oxygen atoms in total. The van der Waals surface area contributed by atoms with Gasteiger partial charge in [-0.3, -0.25) is 0 Å². The number of rotatable bonds is 5. The Morgan fingerprint density at radius 3 is 2.17 bits per heavy atom. The predicted octanol–water partition coefficient (Wildman–Crippen LogP) is 5.44. The lowest BCUT2D eigenvalue weighted by Crippen LogP contribution is -2.23. The van der Waals surface area contributed by atoms with Crippen molar-refractivity contribution in [1.29, 1.82) is 5.26 Å². The van der Waals surface area contributed by atoms with Crippen molar-refractivity contribution in [2.45, 2.75) is 51.2 Å². The third-order valence-corrected chi connectivity index (χ3v) is 4.98. The maximum atomic E-state index is 9.07. The summed E-state index contributed by atoms with van der Waals surface area (Å²) in [4.78, 5) is 0. The van der Waals surface area contributed by atoms with Crippen LogP contribution in [0.15, 0.2) is 54.6 Å². The minimum absolute atomic E-state index is 0.0271. The van der Waals surface area contributed by atoms with E-state index in [0.29, 0.717) is 0 Å². The van der Waals surface area contributed by atoms with Gasteiger partial charge in [0.2, 0.25) is 0 Å². The first-order valence-electron chi connectivity index (χ1n) is 8.99. The second-order valence-electron chi connectivity index (χ2n) is 6.62. The highest BCUT2D eigenvalue weighted by Crippen LogP contribution is 2.33. The van der Waals surface area contributed by atoms with Crippen LogP contribution in [0.2, 0.25) is 0 Å². The lowest BCUT2D eigenvalue weighted by atomic mass is 9.88. The molecular formula is C22H25NO. The van der Waals surface area contributed by atoms with Crippen LogP contribution in [0.5, 0.6) is 0 Å². The normalized spacial score (nSPS) is 21.8. The number of ether oxygens (including phenoxy) is 1. The second kappa shape index (κ2) is 8.13. The van der Waals surface area contributed by atoms with Gasteiger partial charge in [0.25, 0.3) is 0 Å². The maximum Gasteiger partial charge on any atom is 0.108 e. The van der Waals surface area contributed by atoms with Gasteiger partial charge in [-0.25, -0.2) is 0 Å². The fraction of sp³-hybridized carbons (Fsp3) is 0.409. The molecular weight excluding hydrogens is 294 g/mol. The highest BCUT2D eigenvalue weighted by atomic mass is 16.5. The molecule has 2 heteroatoms. The van der Waals surface area contributed by atoms with Gasteiger partial charge < -0.3 is 4.74 Å². The summed E-state index contributed by atoms with van der Waals surface area (Å²) in [6.07, 6.45) is 5.14. The van der Waals surface area contributed by atoms with Crippen molar-refractivity contribution < 1.29 is 4.74 Å². The molecule has 0 bridgehead atoms. The Kier molecular flexibility index (Phi) is 5.67. The van der Waals surface area contributed by atoms with Crippen molar-refractivity contribution in [2.75, 3.05) is 0 Å². The zero-order chi connectivity index (χ0) is 16.8. The van der Waals surface area contributed by atoms with Gasteiger partial charge in [0, 0.05) is 5.92 Å². The molecule has 24 heavy (non-hydrogen) atoms. The minimum atomic E-state index is -0.0271. The number of aryl methyl sites for hydroxylation is 1. The molecule has 1 saturated carbocycles. The van der Waals surface area contributed by atoms with Crippen LogP contribution >= 0.6 is 0 Å². The predicted molar refractivity (Wildman–Crippen MR) is 96.5 cm³/mol. The highest BCUT2D eigenvalue weighted by molar-refractivity contribution is 5.32.